The molecule has 4 nitrogen and oxygen atoms in total. The van der Waals surface area contributed by atoms with Crippen LogP contribution < -0.4 is 0 Å². The van der Waals surface area contributed by atoms with E-state index < -0.39 is 6.29 Å². The van der Waals surface area contributed by atoms with Crippen LogP contribution in [0.1, 0.15) is 12.0 Å². The van der Waals surface area contributed by atoms with Crippen molar-refractivity contribution < 1.29 is 13.9 Å². The lowest BCUT2D eigenvalue weighted by molar-refractivity contribution is -0.0279. The van der Waals surface area contributed by atoms with Gasteiger partial charge in [-0.1, -0.05) is 0 Å². The zero-order chi connectivity index (χ0) is 6.81. The lowest BCUT2D eigenvalue weighted by Crippen LogP contribution is -1.96. The van der Waals surface area contributed by atoms with Crippen molar-refractivity contribution in [1.82, 2.24) is 4.98 Å². The van der Waals surface area contributed by atoms with E-state index in [2.05, 4.69) is 15.8 Å². The molecule has 1 aromatic heterocycles. The fraction of sp³-hybridized carbons (Fsp3) is 0.167. The van der Waals surface area contributed by atoms with Crippen LogP contribution in [0.2, 0.25) is 0 Å². The number of nitrogens with zero attached hydrogens (tertiary/aromatic N) is 1. The summed E-state index contributed by atoms with van der Waals surface area (Å²) in [5, 5.41) is 0. The molecule has 0 N–H and O–H groups in total. The highest BCUT2D eigenvalue weighted by Gasteiger charge is 2.17. The van der Waals surface area contributed by atoms with Gasteiger partial charge in [0.2, 0.25) is 0 Å². The maximum Gasteiger partial charge on any atom is 0.286 e. The first-order chi connectivity index (χ1) is 4.97. The third kappa shape index (κ3) is 0.737. The van der Waals surface area contributed by atoms with Crippen molar-refractivity contribution >= 4 is 0 Å². The standard InChI is InChI=1S/C6H4NO3/c1-2-10-6(9-1)5-3-8-4-7-5/h1-3,6H. The lowest BCUT2D eigenvalue weighted by Gasteiger charge is -2.03. The Balaban J connectivity index is 2.14. The molecule has 51 valence electrons. The molecule has 2 rings (SSSR count). The first-order valence-corrected chi connectivity index (χ1v) is 2.74. The van der Waals surface area contributed by atoms with Crippen molar-refractivity contribution in [1.29, 1.82) is 0 Å². The highest BCUT2D eigenvalue weighted by molar-refractivity contribution is 4.95. The second-order valence-corrected chi connectivity index (χ2v) is 1.74. The van der Waals surface area contributed by atoms with Crippen molar-refractivity contribution in [2.45, 2.75) is 6.29 Å². The maximum atomic E-state index is 4.95. The van der Waals surface area contributed by atoms with Gasteiger partial charge in [0.25, 0.3) is 12.7 Å². The summed E-state index contributed by atoms with van der Waals surface area (Å²) in [5.41, 5.74) is 0.588. The van der Waals surface area contributed by atoms with E-state index in [1.54, 1.807) is 0 Å². The summed E-state index contributed by atoms with van der Waals surface area (Å²) in [5.74, 6) is 0. The third-order valence-corrected chi connectivity index (χ3v) is 1.11. The summed E-state index contributed by atoms with van der Waals surface area (Å²) < 4.78 is 14.5. The van der Waals surface area contributed by atoms with Crippen LogP contribution in [0.4, 0.5) is 0 Å². The molecule has 0 fully saturated rings. The van der Waals surface area contributed by atoms with Gasteiger partial charge in [0.05, 0.1) is 0 Å². The number of aromatic nitrogens is 1. The van der Waals surface area contributed by atoms with E-state index in [0.29, 0.717) is 5.69 Å². The summed E-state index contributed by atoms with van der Waals surface area (Å²) in [6, 6.07) is 0. The first-order valence-electron chi connectivity index (χ1n) is 2.74. The predicted octanol–water partition coefficient (Wildman–Crippen LogP) is 0.991. The van der Waals surface area contributed by atoms with E-state index >= 15 is 0 Å². The number of hydrogen-bond donors (Lipinski definition) is 0. The van der Waals surface area contributed by atoms with E-state index in [0.717, 1.165) is 0 Å². The van der Waals surface area contributed by atoms with Crippen LogP contribution in [0.3, 0.4) is 0 Å². The van der Waals surface area contributed by atoms with Gasteiger partial charge in [0.15, 0.2) is 5.69 Å². The second kappa shape index (κ2) is 2.06. The summed E-state index contributed by atoms with van der Waals surface area (Å²) in [6.07, 6.45) is 6.19. The van der Waals surface area contributed by atoms with Gasteiger partial charge in [-0.25, -0.2) is 4.98 Å². The van der Waals surface area contributed by atoms with Crippen molar-refractivity contribution in [3.63, 3.8) is 0 Å². The van der Waals surface area contributed by atoms with Crippen LogP contribution in [0, 0.1) is 6.39 Å². The smallest absolute Gasteiger partial charge is 0.286 e. The van der Waals surface area contributed by atoms with Crippen LogP contribution in [0.5, 0.6) is 0 Å². The average molecular weight is 138 g/mol. The van der Waals surface area contributed by atoms with Gasteiger partial charge >= 0.3 is 0 Å². The van der Waals surface area contributed by atoms with Crippen LogP contribution in [0.15, 0.2) is 23.2 Å². The van der Waals surface area contributed by atoms with E-state index in [1.165, 1.54) is 18.8 Å². The zero-order valence-electron chi connectivity index (χ0n) is 4.98. The van der Waals surface area contributed by atoms with Crippen molar-refractivity contribution in [3.8, 4) is 0 Å². The Bertz CT molecular complexity index is 221. The van der Waals surface area contributed by atoms with Gasteiger partial charge in [0.1, 0.15) is 18.8 Å². The molecule has 0 bridgehead atoms. The topological polar surface area (TPSA) is 44.5 Å². The Hall–Kier alpha value is -1.45. The molecule has 0 saturated carbocycles. The number of ether oxygens (including phenoxy) is 2. The average Bonchev–Trinajstić information content (AvgIpc) is 2.59. The van der Waals surface area contributed by atoms with Crippen LogP contribution >= 0.6 is 0 Å². The molecule has 0 aliphatic carbocycles. The Morgan fingerprint density at radius 3 is 2.80 bits per heavy atom. The first kappa shape index (κ1) is 5.34. The minimum absolute atomic E-state index is 0.449. The SMILES string of the molecule is [c]1nc(C2OC=CO2)co1. The van der Waals surface area contributed by atoms with Gasteiger partial charge < -0.3 is 13.9 Å². The summed E-state index contributed by atoms with van der Waals surface area (Å²) in [7, 11) is 0. The molecule has 1 aliphatic rings. The molecule has 0 atom stereocenters. The van der Waals surface area contributed by atoms with Gasteiger partial charge in [0, 0.05) is 0 Å². The fourth-order valence-corrected chi connectivity index (χ4v) is 0.679. The van der Waals surface area contributed by atoms with Gasteiger partial charge in [-0.3, -0.25) is 0 Å². The molecule has 1 radical (unpaired) electrons. The molecule has 4 heteroatoms. The number of rotatable bonds is 1. The van der Waals surface area contributed by atoms with Crippen molar-refractivity contribution in [2.75, 3.05) is 0 Å². The molecule has 2 heterocycles. The Kier molecular flexibility index (Phi) is 1.10. The van der Waals surface area contributed by atoms with Gasteiger partial charge in [-0.2, -0.15) is 0 Å². The largest absolute Gasteiger partial charge is 0.454 e. The maximum absolute atomic E-state index is 4.95. The molecule has 1 aliphatic heterocycles. The third-order valence-electron chi connectivity index (χ3n) is 1.11. The van der Waals surface area contributed by atoms with Gasteiger partial charge in [-0.05, 0) is 0 Å². The molecule has 10 heavy (non-hydrogen) atoms. The minimum Gasteiger partial charge on any atom is -0.454 e. The number of oxazole rings is 1. The van der Waals surface area contributed by atoms with Crippen LogP contribution in [-0.2, 0) is 9.47 Å². The van der Waals surface area contributed by atoms with E-state index in [4.69, 9.17) is 9.47 Å². The van der Waals surface area contributed by atoms with E-state index in [1.807, 2.05) is 0 Å². The van der Waals surface area contributed by atoms with Gasteiger partial charge in [-0.15, -0.1) is 0 Å². The highest BCUT2D eigenvalue weighted by atomic mass is 16.7. The van der Waals surface area contributed by atoms with E-state index in [9.17, 15) is 0 Å². The highest BCUT2D eigenvalue weighted by Crippen LogP contribution is 2.21. The second-order valence-electron chi connectivity index (χ2n) is 1.74. The molecule has 0 spiro atoms. The number of hydrogen-bond acceptors (Lipinski definition) is 4. The minimum atomic E-state index is -0.449. The van der Waals surface area contributed by atoms with Crippen LogP contribution in [-0.4, -0.2) is 4.98 Å². The molecule has 0 unspecified atom stereocenters. The molecular formula is C6H4NO3. The predicted molar refractivity (Wildman–Crippen MR) is 29.4 cm³/mol. The van der Waals surface area contributed by atoms with Crippen molar-refractivity contribution in [3.05, 3.63) is 30.9 Å². The van der Waals surface area contributed by atoms with Crippen molar-refractivity contribution in [2.24, 2.45) is 0 Å². The zero-order valence-corrected chi connectivity index (χ0v) is 4.98. The Labute approximate surface area is 57.1 Å². The normalized spacial score (nSPS) is 16.8. The summed E-state index contributed by atoms with van der Waals surface area (Å²) in [6.45, 7) is 0. The summed E-state index contributed by atoms with van der Waals surface area (Å²) in [4.78, 5) is 3.72. The fourth-order valence-electron chi connectivity index (χ4n) is 0.679. The Morgan fingerprint density at radius 2 is 2.20 bits per heavy atom. The molecule has 0 aromatic carbocycles. The molecule has 0 saturated heterocycles. The molecule has 0 amide bonds. The molecule has 1 aromatic rings. The molecular weight excluding hydrogens is 134 g/mol. The quantitative estimate of drug-likeness (QED) is 0.580. The lowest BCUT2D eigenvalue weighted by atomic mass is 10.5. The summed E-state index contributed by atoms with van der Waals surface area (Å²) >= 11 is 0. The monoisotopic (exact) mass is 138 g/mol. The Morgan fingerprint density at radius 1 is 1.40 bits per heavy atom. The van der Waals surface area contributed by atoms with E-state index in [-0.39, 0.29) is 0 Å². The van der Waals surface area contributed by atoms with Crippen LogP contribution in [0.25, 0.3) is 0 Å².